The maximum Gasteiger partial charge on any atom is 0.399 e. The molecule has 0 saturated carbocycles. The van der Waals surface area contributed by atoms with Crippen LogP contribution < -0.4 is 0 Å². The number of hydrogen-bond donors (Lipinski definition) is 1. The molecule has 0 spiro atoms. The van der Waals surface area contributed by atoms with Crippen LogP contribution in [0, 0.1) is 21.7 Å². The standard InChI is InChI=1S/C19H19F5N4O.C5H2BrFN2O2/c1-10(29)15-5-11(20)3-4-17(15)28-14(9-16(26-28)19(23)24)8-13-6-12(7-18(21)22)25-27(13)2;6-3-1-4(7)5(8-2-3)9(10)11/h3-6,9-10,18-19,29H,7-8H2,1-2H3;1-2H/t10-;/m1./s1. The highest BCUT2D eigenvalue weighted by Gasteiger charge is 2.21. The predicted molar refractivity (Wildman–Crippen MR) is 133 cm³/mol. The van der Waals surface area contributed by atoms with Crippen LogP contribution in [0.25, 0.3) is 5.69 Å². The smallest absolute Gasteiger partial charge is 0.389 e. The Morgan fingerprint density at radius 1 is 1.07 bits per heavy atom. The lowest BCUT2D eigenvalue weighted by molar-refractivity contribution is -0.392. The summed E-state index contributed by atoms with van der Waals surface area (Å²) in [4.78, 5) is 12.4. The zero-order valence-electron chi connectivity index (χ0n) is 20.8. The molecular weight excluding hydrogens is 614 g/mol. The molecule has 1 atom stereocenters. The molecule has 0 unspecified atom stereocenters. The zero-order chi connectivity index (χ0) is 29.7. The number of hydrogen-bond acceptors (Lipinski definition) is 6. The highest BCUT2D eigenvalue weighted by molar-refractivity contribution is 9.10. The van der Waals surface area contributed by atoms with Crippen LogP contribution in [0.4, 0.5) is 32.2 Å². The maximum absolute atomic E-state index is 13.6. The fourth-order valence-electron chi connectivity index (χ4n) is 3.66. The second-order valence-electron chi connectivity index (χ2n) is 8.39. The van der Waals surface area contributed by atoms with Gasteiger partial charge in [-0.15, -0.1) is 0 Å². The molecule has 1 aromatic carbocycles. The lowest BCUT2D eigenvalue weighted by Crippen LogP contribution is -2.10. The predicted octanol–water partition coefficient (Wildman–Crippen LogP) is 6.03. The monoisotopic (exact) mass is 634 g/mol. The van der Waals surface area contributed by atoms with Gasteiger partial charge in [-0.3, -0.25) is 4.68 Å². The maximum atomic E-state index is 13.6. The van der Waals surface area contributed by atoms with Gasteiger partial charge >= 0.3 is 5.82 Å². The molecule has 0 aliphatic heterocycles. The second-order valence-corrected chi connectivity index (χ2v) is 9.31. The van der Waals surface area contributed by atoms with E-state index in [0.29, 0.717) is 15.9 Å². The molecule has 9 nitrogen and oxygen atoms in total. The van der Waals surface area contributed by atoms with Crippen LogP contribution in [0.3, 0.4) is 0 Å². The second kappa shape index (κ2) is 13.0. The molecule has 4 rings (SSSR count). The largest absolute Gasteiger partial charge is 0.399 e. The van der Waals surface area contributed by atoms with Gasteiger partial charge in [-0.1, -0.05) is 0 Å². The SMILES string of the molecule is C[C@@H](O)c1cc(F)ccc1-n1nc(C(F)F)cc1Cc1cc(CC(F)F)nn1C.O=[N+]([O-])c1ncc(Br)cc1F. The van der Waals surface area contributed by atoms with Gasteiger partial charge in [0.2, 0.25) is 12.2 Å². The fourth-order valence-corrected chi connectivity index (χ4v) is 3.96. The molecule has 4 aromatic rings. The number of aliphatic hydroxyl groups is 1. The zero-order valence-corrected chi connectivity index (χ0v) is 22.4. The fraction of sp³-hybridized carbons (Fsp3) is 0.292. The molecule has 0 bridgehead atoms. The van der Waals surface area contributed by atoms with E-state index in [9.17, 15) is 41.6 Å². The van der Waals surface area contributed by atoms with Crippen LogP contribution in [-0.2, 0) is 19.9 Å². The first kappa shape index (κ1) is 30.7. The summed E-state index contributed by atoms with van der Waals surface area (Å²) in [6.45, 7) is 1.42. The highest BCUT2D eigenvalue weighted by atomic mass is 79.9. The van der Waals surface area contributed by atoms with Crippen LogP contribution >= 0.6 is 15.9 Å². The van der Waals surface area contributed by atoms with E-state index in [2.05, 4.69) is 31.1 Å². The summed E-state index contributed by atoms with van der Waals surface area (Å²) in [7, 11) is 1.57. The van der Waals surface area contributed by atoms with E-state index in [4.69, 9.17) is 0 Å². The average Bonchev–Trinajstić information content (AvgIpc) is 3.42. The van der Waals surface area contributed by atoms with E-state index in [0.717, 1.165) is 18.2 Å². The number of benzene rings is 1. The summed E-state index contributed by atoms with van der Waals surface area (Å²) in [6.07, 6.45) is -5.74. The molecule has 0 saturated heterocycles. The third-order valence-electron chi connectivity index (χ3n) is 5.41. The van der Waals surface area contributed by atoms with Gasteiger partial charge in [0.15, 0.2) is 6.20 Å². The van der Waals surface area contributed by atoms with Crippen LogP contribution in [0.15, 0.2) is 47.1 Å². The minimum atomic E-state index is -2.84. The number of alkyl halides is 4. The lowest BCUT2D eigenvalue weighted by Gasteiger charge is -2.15. The molecule has 1 N–H and O–H groups in total. The van der Waals surface area contributed by atoms with Gasteiger partial charge in [-0.05, 0) is 63.1 Å². The summed E-state index contributed by atoms with van der Waals surface area (Å²) in [5.74, 6) is -2.28. The van der Waals surface area contributed by atoms with Crippen LogP contribution in [0.1, 0.15) is 47.8 Å². The summed E-state index contributed by atoms with van der Waals surface area (Å²) >= 11 is 2.92. The van der Waals surface area contributed by atoms with Crippen LogP contribution in [0.5, 0.6) is 0 Å². The van der Waals surface area contributed by atoms with Crippen molar-refractivity contribution in [1.82, 2.24) is 24.5 Å². The first-order valence-electron chi connectivity index (χ1n) is 11.4. The average molecular weight is 635 g/mol. The molecule has 0 fully saturated rings. The van der Waals surface area contributed by atoms with E-state index in [1.807, 2.05) is 0 Å². The third-order valence-corrected chi connectivity index (χ3v) is 5.84. The number of aromatic nitrogens is 5. The Bertz CT molecular complexity index is 1490. The minimum absolute atomic E-state index is 0.0725. The number of halogens is 7. The Kier molecular flexibility index (Phi) is 10.0. The Morgan fingerprint density at radius 2 is 1.77 bits per heavy atom. The van der Waals surface area contributed by atoms with Crippen molar-refractivity contribution in [3.05, 3.63) is 97.2 Å². The Hall–Kier alpha value is -3.79. The van der Waals surface area contributed by atoms with E-state index in [1.165, 1.54) is 40.7 Å². The lowest BCUT2D eigenvalue weighted by atomic mass is 10.1. The Labute approximate surface area is 231 Å². The Balaban J connectivity index is 0.000000336. The molecule has 0 aliphatic rings. The molecule has 3 aromatic heterocycles. The molecule has 214 valence electrons. The summed E-state index contributed by atoms with van der Waals surface area (Å²) in [5.41, 5.74) is 0.959. The number of nitro groups is 1. The molecule has 3 heterocycles. The highest BCUT2D eigenvalue weighted by Crippen LogP contribution is 2.28. The van der Waals surface area contributed by atoms with Crippen molar-refractivity contribution in [2.75, 3.05) is 0 Å². The molecular formula is C24H21BrF6N6O3. The summed E-state index contributed by atoms with van der Waals surface area (Å²) < 4.78 is 81.0. The van der Waals surface area contributed by atoms with E-state index in [-0.39, 0.29) is 23.4 Å². The number of aryl methyl sites for hydroxylation is 1. The molecule has 0 amide bonds. The number of nitrogens with zero attached hydrogens (tertiary/aromatic N) is 6. The topological polar surface area (TPSA) is 112 Å². The van der Waals surface area contributed by atoms with Gasteiger partial charge in [0.1, 0.15) is 11.5 Å². The van der Waals surface area contributed by atoms with Crippen LogP contribution in [0.2, 0.25) is 0 Å². The molecule has 0 radical (unpaired) electrons. The normalized spacial score (nSPS) is 12.0. The number of pyridine rings is 1. The van der Waals surface area contributed by atoms with E-state index < -0.39 is 53.4 Å². The van der Waals surface area contributed by atoms with Gasteiger partial charge in [0, 0.05) is 30.8 Å². The third kappa shape index (κ3) is 7.65. The van der Waals surface area contributed by atoms with Crippen molar-refractivity contribution in [2.45, 2.75) is 38.7 Å². The van der Waals surface area contributed by atoms with Gasteiger partial charge in [-0.25, -0.2) is 26.6 Å². The van der Waals surface area contributed by atoms with E-state index in [1.54, 1.807) is 7.05 Å². The molecule has 40 heavy (non-hydrogen) atoms. The van der Waals surface area contributed by atoms with Crippen molar-refractivity contribution >= 4 is 21.7 Å². The van der Waals surface area contributed by atoms with Crippen molar-refractivity contribution in [3.8, 4) is 5.69 Å². The van der Waals surface area contributed by atoms with Crippen molar-refractivity contribution in [1.29, 1.82) is 0 Å². The van der Waals surface area contributed by atoms with Gasteiger partial charge in [0.25, 0.3) is 6.43 Å². The quantitative estimate of drug-likeness (QED) is 0.144. The molecule has 0 aliphatic carbocycles. The summed E-state index contributed by atoms with van der Waals surface area (Å²) in [6, 6.07) is 7.25. The minimum Gasteiger partial charge on any atom is -0.389 e. The first-order valence-corrected chi connectivity index (χ1v) is 12.2. The van der Waals surface area contributed by atoms with Crippen molar-refractivity contribution in [3.63, 3.8) is 0 Å². The van der Waals surface area contributed by atoms with Crippen molar-refractivity contribution < 1.29 is 36.4 Å². The Morgan fingerprint density at radius 3 is 2.35 bits per heavy atom. The number of rotatable bonds is 8. The van der Waals surface area contributed by atoms with Gasteiger partial charge in [-0.2, -0.15) is 14.6 Å². The summed E-state index contributed by atoms with van der Waals surface area (Å²) in [5, 5.41) is 27.9. The van der Waals surface area contributed by atoms with Gasteiger partial charge in [0.05, 0.1) is 34.1 Å². The number of aliphatic hydroxyl groups excluding tert-OH is 1. The van der Waals surface area contributed by atoms with E-state index >= 15 is 0 Å². The van der Waals surface area contributed by atoms with Crippen molar-refractivity contribution in [2.24, 2.45) is 7.05 Å². The molecule has 16 heteroatoms. The first-order chi connectivity index (χ1) is 18.8. The van der Waals surface area contributed by atoms with Gasteiger partial charge < -0.3 is 15.2 Å². The van der Waals surface area contributed by atoms with Crippen LogP contribution in [-0.4, -0.2) is 41.0 Å².